The summed E-state index contributed by atoms with van der Waals surface area (Å²) in [5.74, 6) is 2.77. The second-order valence-electron chi connectivity index (χ2n) is 18.5. The first-order chi connectivity index (χ1) is 25.8. The molecule has 6 heteroatoms. The van der Waals surface area contributed by atoms with E-state index in [0.29, 0.717) is 17.4 Å². The number of benzene rings is 4. The molecule has 8 rings (SSSR count). The number of ether oxygens (including phenoxy) is 2. The predicted molar refractivity (Wildman–Crippen MR) is 226 cm³/mol. The zero-order valence-corrected chi connectivity index (χ0v) is 37.4. The van der Waals surface area contributed by atoms with Crippen molar-refractivity contribution in [3.63, 3.8) is 0 Å². The third-order valence-electron chi connectivity index (χ3n) is 12.5. The number of aryl methyl sites for hydroxylation is 5. The molecule has 5 nitrogen and oxygen atoms in total. The van der Waals surface area contributed by atoms with E-state index in [1.165, 1.54) is 38.9 Å². The summed E-state index contributed by atoms with van der Waals surface area (Å²) in [4.78, 5) is 12.6. The number of fused-ring (bicyclic) bond motifs is 3. The molecule has 0 bridgehead atoms. The van der Waals surface area contributed by atoms with Crippen molar-refractivity contribution in [3.8, 4) is 22.6 Å². The van der Waals surface area contributed by atoms with Crippen molar-refractivity contribution in [2.24, 2.45) is 4.99 Å². The van der Waals surface area contributed by atoms with E-state index in [2.05, 4.69) is 155 Å². The number of hydrogen-bond acceptors (Lipinski definition) is 5. The van der Waals surface area contributed by atoms with Crippen LogP contribution in [0.1, 0.15) is 124 Å². The molecule has 5 aromatic rings. The van der Waals surface area contributed by atoms with Crippen molar-refractivity contribution in [3.05, 3.63) is 129 Å². The fourth-order valence-electron chi connectivity index (χ4n) is 9.23. The number of aliphatic imine (C=N–C) groups is 1. The average molecular weight is 925 g/mol. The molecule has 1 saturated carbocycles. The minimum Gasteiger partial charge on any atom is -0.512 e. The first-order valence-corrected chi connectivity index (χ1v) is 19.9. The summed E-state index contributed by atoms with van der Waals surface area (Å²) in [7, 11) is 0. The van der Waals surface area contributed by atoms with Gasteiger partial charge in [-0.25, -0.2) is 4.98 Å². The molecular weight excluding hydrogens is 870 g/mol. The second kappa shape index (κ2) is 14.0. The molecular formula is C50H55N3O2Pt. The summed E-state index contributed by atoms with van der Waals surface area (Å²) in [6.07, 6.45) is 6.28. The van der Waals surface area contributed by atoms with Gasteiger partial charge in [0.2, 0.25) is 0 Å². The minimum atomic E-state index is -0.337. The number of pyridine rings is 1. The normalized spacial score (nSPS) is 20.9. The van der Waals surface area contributed by atoms with Crippen molar-refractivity contribution >= 4 is 23.1 Å². The van der Waals surface area contributed by atoms with E-state index in [-0.39, 0.29) is 43.0 Å². The summed E-state index contributed by atoms with van der Waals surface area (Å²) in [5.41, 5.74) is 13.9. The number of rotatable bonds is 5. The van der Waals surface area contributed by atoms with Gasteiger partial charge >= 0.3 is 21.1 Å². The Hall–Kier alpha value is -4.21. The summed E-state index contributed by atoms with van der Waals surface area (Å²) < 4.78 is 13.7. The van der Waals surface area contributed by atoms with Crippen LogP contribution in [0.3, 0.4) is 0 Å². The summed E-state index contributed by atoms with van der Waals surface area (Å²) >= 11 is 0. The van der Waals surface area contributed by atoms with Gasteiger partial charge in [-0.05, 0) is 112 Å². The maximum atomic E-state index is 6.86. The Bertz CT molecular complexity index is 2380. The van der Waals surface area contributed by atoms with E-state index in [1.807, 2.05) is 12.3 Å². The first-order valence-electron chi connectivity index (χ1n) is 19.9. The molecule has 1 fully saturated rings. The predicted octanol–water partition coefficient (Wildman–Crippen LogP) is 13.0. The van der Waals surface area contributed by atoms with Crippen LogP contribution >= 0.6 is 0 Å². The van der Waals surface area contributed by atoms with Crippen LogP contribution < -0.4 is 9.64 Å². The standard InChI is InChI=1S/C50H55N3O2.Pt/c1-30-19-33(4)44(34(5)20-30)35-24-36(46-52-49(11)17-13-14-18-50(49,12)55-46)26-40(25-35)54-39-22-31(2)21-38(28-39)53-43-16-15-37(47(6,7)8)27-41(43)48(9,10)42-23-32(3)29-51-45(42)53;/h15-16,19-25,27,29H,13-14,17-18H2,1-12H3;/q-2;+2/t49-,50+;/m1./s1. The van der Waals surface area contributed by atoms with Crippen LogP contribution in [-0.2, 0) is 36.6 Å². The Morgan fingerprint density at radius 1 is 0.750 bits per heavy atom. The third kappa shape index (κ3) is 6.82. The molecule has 0 amide bonds. The van der Waals surface area contributed by atoms with E-state index in [1.54, 1.807) is 0 Å². The number of aromatic nitrogens is 1. The molecule has 2 aliphatic heterocycles. The molecule has 3 heterocycles. The third-order valence-corrected chi connectivity index (χ3v) is 12.5. The summed E-state index contributed by atoms with van der Waals surface area (Å²) in [5, 5.41) is 0. The van der Waals surface area contributed by atoms with Crippen molar-refractivity contribution < 1.29 is 30.5 Å². The fourth-order valence-corrected chi connectivity index (χ4v) is 9.23. The number of hydrogen-bond donors (Lipinski definition) is 0. The van der Waals surface area contributed by atoms with Crippen LogP contribution in [0.5, 0.6) is 11.5 Å². The van der Waals surface area contributed by atoms with Gasteiger partial charge in [0.1, 0.15) is 17.3 Å². The van der Waals surface area contributed by atoms with Gasteiger partial charge in [0, 0.05) is 34.4 Å². The second-order valence-corrected chi connectivity index (χ2v) is 18.5. The minimum absolute atomic E-state index is 0. The maximum Gasteiger partial charge on any atom is 2.00 e. The Kier molecular flexibility index (Phi) is 10.0. The van der Waals surface area contributed by atoms with Gasteiger partial charge in [-0.3, -0.25) is 4.99 Å². The first kappa shape index (κ1) is 40.0. The van der Waals surface area contributed by atoms with Gasteiger partial charge in [0.25, 0.3) is 0 Å². The summed E-state index contributed by atoms with van der Waals surface area (Å²) in [6.45, 7) is 26.7. The molecule has 1 aromatic heterocycles. The zero-order valence-electron chi connectivity index (χ0n) is 35.2. The van der Waals surface area contributed by atoms with Gasteiger partial charge in [-0.2, -0.15) is 5.56 Å². The molecule has 0 unspecified atom stereocenters. The largest absolute Gasteiger partial charge is 2.00 e. The van der Waals surface area contributed by atoms with E-state index >= 15 is 0 Å². The number of anilines is 3. The van der Waals surface area contributed by atoms with Crippen molar-refractivity contribution in [2.75, 3.05) is 4.90 Å². The molecule has 56 heavy (non-hydrogen) atoms. The van der Waals surface area contributed by atoms with E-state index in [4.69, 9.17) is 19.5 Å². The fraction of sp³-hybridized carbons (Fsp3) is 0.400. The van der Waals surface area contributed by atoms with E-state index < -0.39 is 0 Å². The van der Waals surface area contributed by atoms with Crippen LogP contribution in [0.2, 0.25) is 0 Å². The van der Waals surface area contributed by atoms with Crippen LogP contribution in [0.4, 0.5) is 17.2 Å². The van der Waals surface area contributed by atoms with Crippen molar-refractivity contribution in [1.82, 2.24) is 4.98 Å². The van der Waals surface area contributed by atoms with Gasteiger partial charge in [-0.1, -0.05) is 107 Å². The molecule has 0 spiro atoms. The van der Waals surface area contributed by atoms with Gasteiger partial charge in [0.15, 0.2) is 0 Å². The van der Waals surface area contributed by atoms with E-state index in [0.717, 1.165) is 65.1 Å². The van der Waals surface area contributed by atoms with E-state index in [9.17, 15) is 0 Å². The Labute approximate surface area is 349 Å². The molecule has 292 valence electrons. The van der Waals surface area contributed by atoms with Gasteiger partial charge in [-0.15, -0.1) is 24.3 Å². The average Bonchev–Trinajstić information content (AvgIpc) is 3.38. The van der Waals surface area contributed by atoms with Gasteiger partial charge < -0.3 is 14.4 Å². The topological polar surface area (TPSA) is 47.0 Å². The van der Waals surface area contributed by atoms with Crippen LogP contribution in [0.25, 0.3) is 11.1 Å². The monoisotopic (exact) mass is 924 g/mol. The Morgan fingerprint density at radius 3 is 2.12 bits per heavy atom. The van der Waals surface area contributed by atoms with Gasteiger partial charge in [0.05, 0.1) is 5.54 Å². The quantitative estimate of drug-likeness (QED) is 0.165. The van der Waals surface area contributed by atoms with Crippen LogP contribution in [0, 0.1) is 46.8 Å². The molecule has 0 N–H and O–H groups in total. The Morgan fingerprint density at radius 2 is 1.43 bits per heavy atom. The molecule has 0 saturated heterocycles. The Balaban J connectivity index is 0.00000480. The molecule has 4 aromatic carbocycles. The smallest absolute Gasteiger partial charge is 0.512 e. The van der Waals surface area contributed by atoms with Crippen LogP contribution in [-0.4, -0.2) is 22.0 Å². The molecule has 1 aliphatic carbocycles. The van der Waals surface area contributed by atoms with Crippen LogP contribution in [0.15, 0.2) is 71.9 Å². The SMILES string of the molecule is Cc1cc(Oc2[c-]c(C3=N[C@]4(C)CCCC[C@]4(C)O3)cc(-c3c(C)cc(C)cc3C)c2)[c-]c(N2c3ccc(C(C)(C)C)cc3C(C)(C)c3cc(C)cnc32)c1.[Pt+2]. The number of nitrogens with zero attached hydrogens (tertiary/aromatic N) is 3. The van der Waals surface area contributed by atoms with Crippen molar-refractivity contribution in [2.45, 2.75) is 131 Å². The zero-order chi connectivity index (χ0) is 39.2. The molecule has 3 aliphatic rings. The van der Waals surface area contributed by atoms with Crippen molar-refractivity contribution in [1.29, 1.82) is 0 Å². The molecule has 2 atom stereocenters. The maximum absolute atomic E-state index is 6.86. The summed E-state index contributed by atoms with van der Waals surface area (Å²) in [6, 6.07) is 29.5. The molecule has 0 radical (unpaired) electrons.